The van der Waals surface area contributed by atoms with Gasteiger partial charge >= 0.3 is 0 Å². The predicted octanol–water partition coefficient (Wildman–Crippen LogP) is 3.32. The number of unbranched alkanes of at least 4 members (excludes halogenated alkanes) is 1. The van der Waals surface area contributed by atoms with Gasteiger partial charge in [-0.3, -0.25) is 0 Å². The van der Waals surface area contributed by atoms with Crippen molar-refractivity contribution in [1.82, 2.24) is 9.88 Å². The van der Waals surface area contributed by atoms with Crippen LogP contribution in [-0.4, -0.2) is 30.7 Å². The molecule has 0 radical (unpaired) electrons. The van der Waals surface area contributed by atoms with E-state index in [1.807, 2.05) is 0 Å². The SMILES string of the molecule is CCCCc1c(N2CCCNCC2)n(C)c2ccccc12. The highest BCUT2D eigenvalue weighted by Crippen LogP contribution is 2.33. The number of fused-ring (bicyclic) bond motifs is 1. The van der Waals surface area contributed by atoms with Crippen molar-refractivity contribution in [1.29, 1.82) is 0 Å². The van der Waals surface area contributed by atoms with Crippen molar-refractivity contribution in [3.63, 3.8) is 0 Å². The minimum atomic E-state index is 1.09. The minimum Gasteiger partial charge on any atom is -0.356 e. The maximum Gasteiger partial charge on any atom is 0.112 e. The van der Waals surface area contributed by atoms with E-state index in [4.69, 9.17) is 0 Å². The number of hydrogen-bond acceptors (Lipinski definition) is 2. The summed E-state index contributed by atoms with van der Waals surface area (Å²) in [6.07, 6.45) is 4.95. The van der Waals surface area contributed by atoms with Gasteiger partial charge in [0.1, 0.15) is 5.82 Å². The summed E-state index contributed by atoms with van der Waals surface area (Å²) in [6, 6.07) is 8.87. The smallest absolute Gasteiger partial charge is 0.112 e. The molecule has 0 bridgehead atoms. The Bertz CT molecular complexity index is 592. The Kier molecular flexibility index (Phi) is 4.49. The van der Waals surface area contributed by atoms with Crippen LogP contribution in [0.2, 0.25) is 0 Å². The van der Waals surface area contributed by atoms with Crippen molar-refractivity contribution in [2.75, 3.05) is 31.1 Å². The van der Waals surface area contributed by atoms with Crippen molar-refractivity contribution >= 4 is 16.7 Å². The van der Waals surface area contributed by atoms with Crippen LogP contribution in [-0.2, 0) is 13.5 Å². The molecule has 1 aliphatic heterocycles. The Hall–Kier alpha value is -1.48. The molecule has 1 saturated heterocycles. The molecule has 0 spiro atoms. The second-order valence-electron chi connectivity index (χ2n) is 6.07. The third-order valence-corrected chi connectivity index (χ3v) is 4.60. The highest BCUT2D eigenvalue weighted by atomic mass is 15.2. The first-order valence-corrected chi connectivity index (χ1v) is 8.35. The number of nitrogens with one attached hydrogen (secondary N) is 1. The molecule has 1 aromatic heterocycles. The molecule has 2 heterocycles. The first-order chi connectivity index (χ1) is 10.3. The highest BCUT2D eigenvalue weighted by Gasteiger charge is 2.20. The molecule has 114 valence electrons. The number of hydrogen-bond donors (Lipinski definition) is 1. The summed E-state index contributed by atoms with van der Waals surface area (Å²) >= 11 is 0. The fourth-order valence-electron chi connectivity index (χ4n) is 3.52. The molecule has 1 aliphatic rings. The lowest BCUT2D eigenvalue weighted by Gasteiger charge is -2.25. The number of para-hydroxylation sites is 1. The van der Waals surface area contributed by atoms with E-state index in [-0.39, 0.29) is 0 Å². The molecule has 1 N–H and O–H groups in total. The van der Waals surface area contributed by atoms with Crippen molar-refractivity contribution < 1.29 is 0 Å². The van der Waals surface area contributed by atoms with Crippen LogP contribution in [0, 0.1) is 0 Å². The van der Waals surface area contributed by atoms with Crippen LogP contribution in [0.5, 0.6) is 0 Å². The summed E-state index contributed by atoms with van der Waals surface area (Å²) in [5, 5.41) is 4.96. The van der Waals surface area contributed by atoms with E-state index < -0.39 is 0 Å². The average Bonchev–Trinajstić information content (AvgIpc) is 2.70. The lowest BCUT2D eigenvalue weighted by atomic mass is 10.1. The van der Waals surface area contributed by atoms with E-state index in [0.29, 0.717) is 0 Å². The van der Waals surface area contributed by atoms with Crippen LogP contribution in [0.25, 0.3) is 10.9 Å². The fraction of sp³-hybridized carbons (Fsp3) is 0.556. The Morgan fingerprint density at radius 3 is 2.86 bits per heavy atom. The van der Waals surface area contributed by atoms with Gasteiger partial charge in [-0.15, -0.1) is 0 Å². The van der Waals surface area contributed by atoms with Crippen molar-refractivity contribution in [3.05, 3.63) is 29.8 Å². The predicted molar refractivity (Wildman–Crippen MR) is 91.2 cm³/mol. The molecule has 2 aromatic rings. The Morgan fingerprint density at radius 1 is 1.14 bits per heavy atom. The first kappa shape index (κ1) is 14.5. The molecule has 0 unspecified atom stereocenters. The molecule has 3 heteroatoms. The minimum absolute atomic E-state index is 1.09. The summed E-state index contributed by atoms with van der Waals surface area (Å²) in [6.45, 7) is 6.79. The molecule has 0 aliphatic carbocycles. The monoisotopic (exact) mass is 285 g/mol. The average molecular weight is 285 g/mol. The second kappa shape index (κ2) is 6.52. The van der Waals surface area contributed by atoms with E-state index in [1.165, 1.54) is 42.4 Å². The zero-order valence-corrected chi connectivity index (χ0v) is 13.4. The number of benzene rings is 1. The lowest BCUT2D eigenvalue weighted by Crippen LogP contribution is -2.30. The quantitative estimate of drug-likeness (QED) is 0.930. The van der Waals surface area contributed by atoms with Crippen LogP contribution in [0.3, 0.4) is 0 Å². The highest BCUT2D eigenvalue weighted by molar-refractivity contribution is 5.90. The Labute approximate surface area is 127 Å². The van der Waals surface area contributed by atoms with Crippen LogP contribution >= 0.6 is 0 Å². The van der Waals surface area contributed by atoms with Gasteiger partial charge < -0.3 is 14.8 Å². The van der Waals surface area contributed by atoms with Gasteiger partial charge in [0.05, 0.1) is 0 Å². The third kappa shape index (κ3) is 2.80. The molecular formula is C18H27N3. The van der Waals surface area contributed by atoms with Gasteiger partial charge in [-0.25, -0.2) is 0 Å². The van der Waals surface area contributed by atoms with Crippen LogP contribution < -0.4 is 10.2 Å². The summed E-state index contributed by atoms with van der Waals surface area (Å²) in [4.78, 5) is 2.59. The number of aryl methyl sites for hydroxylation is 2. The van der Waals surface area contributed by atoms with E-state index in [9.17, 15) is 0 Å². The lowest BCUT2D eigenvalue weighted by molar-refractivity contribution is 0.724. The number of aromatic nitrogens is 1. The topological polar surface area (TPSA) is 20.2 Å². The molecule has 0 saturated carbocycles. The normalized spacial score (nSPS) is 16.4. The maximum atomic E-state index is 3.51. The zero-order valence-electron chi connectivity index (χ0n) is 13.4. The van der Waals surface area contributed by atoms with Crippen LogP contribution in [0.4, 0.5) is 5.82 Å². The van der Waals surface area contributed by atoms with Crippen LogP contribution in [0.15, 0.2) is 24.3 Å². The molecule has 0 atom stereocenters. The second-order valence-corrected chi connectivity index (χ2v) is 6.07. The maximum absolute atomic E-state index is 3.51. The van der Waals surface area contributed by atoms with E-state index in [1.54, 1.807) is 5.56 Å². The summed E-state index contributed by atoms with van der Waals surface area (Å²) in [5.41, 5.74) is 2.92. The van der Waals surface area contributed by atoms with Crippen molar-refractivity contribution in [3.8, 4) is 0 Å². The number of rotatable bonds is 4. The van der Waals surface area contributed by atoms with Gasteiger partial charge in [0, 0.05) is 43.1 Å². The summed E-state index contributed by atoms with van der Waals surface area (Å²) < 4.78 is 2.41. The first-order valence-electron chi connectivity index (χ1n) is 8.35. The Balaban J connectivity index is 2.07. The van der Waals surface area contributed by atoms with Crippen LogP contribution in [0.1, 0.15) is 31.7 Å². The van der Waals surface area contributed by atoms with E-state index in [2.05, 4.69) is 53.0 Å². The molecule has 21 heavy (non-hydrogen) atoms. The summed E-state index contributed by atoms with van der Waals surface area (Å²) in [5.74, 6) is 1.45. The van der Waals surface area contributed by atoms with Gasteiger partial charge in [0.2, 0.25) is 0 Å². The molecular weight excluding hydrogens is 258 g/mol. The van der Waals surface area contributed by atoms with Gasteiger partial charge in [0.25, 0.3) is 0 Å². The third-order valence-electron chi connectivity index (χ3n) is 4.60. The zero-order chi connectivity index (χ0) is 14.7. The molecule has 3 nitrogen and oxygen atoms in total. The van der Waals surface area contributed by atoms with E-state index >= 15 is 0 Å². The standard InChI is InChI=1S/C18H27N3/c1-3-4-8-16-15-9-5-6-10-17(15)20(2)18(16)21-13-7-11-19-12-14-21/h5-6,9-10,19H,3-4,7-8,11-14H2,1-2H3. The Morgan fingerprint density at radius 2 is 2.00 bits per heavy atom. The van der Waals surface area contributed by atoms with E-state index in [0.717, 1.165) is 26.2 Å². The van der Waals surface area contributed by atoms with Crippen molar-refractivity contribution in [2.45, 2.75) is 32.6 Å². The molecule has 0 amide bonds. The van der Waals surface area contributed by atoms with Gasteiger partial charge in [-0.1, -0.05) is 31.5 Å². The van der Waals surface area contributed by atoms with Gasteiger partial charge in [-0.05, 0) is 31.9 Å². The molecule has 1 aromatic carbocycles. The summed E-state index contributed by atoms with van der Waals surface area (Å²) in [7, 11) is 2.23. The van der Waals surface area contributed by atoms with Crippen molar-refractivity contribution in [2.24, 2.45) is 7.05 Å². The fourth-order valence-corrected chi connectivity index (χ4v) is 3.52. The molecule has 3 rings (SSSR count). The van der Waals surface area contributed by atoms with Gasteiger partial charge in [0.15, 0.2) is 0 Å². The largest absolute Gasteiger partial charge is 0.356 e. The molecule has 1 fully saturated rings. The number of anilines is 1. The number of nitrogens with zero attached hydrogens (tertiary/aromatic N) is 2. The van der Waals surface area contributed by atoms with Gasteiger partial charge in [-0.2, -0.15) is 0 Å².